The van der Waals surface area contributed by atoms with Gasteiger partial charge in [-0.15, -0.1) is 0 Å². The molecule has 2 atom stereocenters. The van der Waals surface area contributed by atoms with Gasteiger partial charge in [0.15, 0.2) is 0 Å². The number of amides is 1. The summed E-state index contributed by atoms with van der Waals surface area (Å²) in [6, 6.07) is 8.01. The second kappa shape index (κ2) is 6.52. The molecule has 0 radical (unpaired) electrons. The average molecular weight is 315 g/mol. The van der Waals surface area contributed by atoms with Crippen LogP contribution in [0, 0.1) is 0 Å². The molecule has 0 saturated carbocycles. The summed E-state index contributed by atoms with van der Waals surface area (Å²) in [5, 5.41) is 18.5. The molecule has 1 aromatic rings. The summed E-state index contributed by atoms with van der Waals surface area (Å²) in [5.74, 6) is -0.146. The van der Waals surface area contributed by atoms with Gasteiger partial charge < -0.3 is 20.0 Å². The topological polar surface area (TPSA) is 76.4 Å². The maximum Gasteiger partial charge on any atom is 0.269 e. The van der Waals surface area contributed by atoms with Crippen molar-refractivity contribution < 1.29 is 15.0 Å². The highest BCUT2D eigenvalue weighted by molar-refractivity contribution is 5.94. The molecule has 23 heavy (non-hydrogen) atoms. The number of carbonyl (C=O) groups excluding carboxylic acids is 1. The Bertz CT molecular complexity index is 656. The van der Waals surface area contributed by atoms with Crippen molar-refractivity contribution >= 4 is 17.8 Å². The van der Waals surface area contributed by atoms with Gasteiger partial charge in [-0.3, -0.25) is 9.79 Å². The summed E-state index contributed by atoms with van der Waals surface area (Å²) >= 11 is 0. The van der Waals surface area contributed by atoms with Crippen molar-refractivity contribution in [1.82, 2.24) is 9.80 Å². The first-order valence-electron chi connectivity index (χ1n) is 7.73. The molecule has 0 aliphatic carbocycles. The largest absolute Gasteiger partial charge is 0.394 e. The van der Waals surface area contributed by atoms with Gasteiger partial charge in [-0.1, -0.05) is 24.3 Å². The number of aliphatic hydroxyl groups excluding tert-OH is 2. The second-order valence-corrected chi connectivity index (χ2v) is 5.95. The molecule has 0 saturated heterocycles. The first-order valence-corrected chi connectivity index (χ1v) is 7.73. The molecule has 2 aliphatic rings. The Morgan fingerprint density at radius 3 is 3.04 bits per heavy atom. The highest BCUT2D eigenvalue weighted by atomic mass is 16.3. The number of benzene rings is 1. The van der Waals surface area contributed by atoms with Crippen molar-refractivity contribution in [2.75, 3.05) is 20.2 Å². The number of para-hydroxylation sites is 1. The molecule has 0 bridgehead atoms. The van der Waals surface area contributed by atoms with Crippen LogP contribution in [0.15, 0.2) is 41.0 Å². The fourth-order valence-corrected chi connectivity index (χ4v) is 2.98. The van der Waals surface area contributed by atoms with Crippen LogP contribution < -0.4 is 0 Å². The normalized spacial score (nSPS) is 20.4. The average Bonchev–Trinajstić information content (AvgIpc) is 2.86. The zero-order chi connectivity index (χ0) is 16.4. The minimum Gasteiger partial charge on any atom is -0.394 e. The van der Waals surface area contributed by atoms with Crippen LogP contribution in [0.4, 0.5) is 5.69 Å². The molecular formula is C17H21N3O3. The van der Waals surface area contributed by atoms with E-state index in [4.69, 9.17) is 5.11 Å². The number of rotatable bonds is 4. The minimum atomic E-state index is -0.923. The summed E-state index contributed by atoms with van der Waals surface area (Å²) in [6.07, 6.45) is 3.64. The van der Waals surface area contributed by atoms with E-state index in [0.717, 1.165) is 17.7 Å². The lowest BCUT2D eigenvalue weighted by molar-refractivity contribution is -0.129. The predicted molar refractivity (Wildman–Crippen MR) is 87.4 cm³/mol. The molecule has 6 nitrogen and oxygen atoms in total. The van der Waals surface area contributed by atoms with E-state index in [1.54, 1.807) is 7.05 Å². The number of carbonyl (C=O) groups is 1. The van der Waals surface area contributed by atoms with Crippen molar-refractivity contribution in [2.24, 2.45) is 4.99 Å². The van der Waals surface area contributed by atoms with Crippen molar-refractivity contribution in [3.63, 3.8) is 0 Å². The molecule has 1 amide bonds. The molecule has 0 fully saturated rings. The van der Waals surface area contributed by atoms with E-state index in [1.807, 2.05) is 36.6 Å². The van der Waals surface area contributed by atoms with E-state index in [1.165, 1.54) is 4.90 Å². The highest BCUT2D eigenvalue weighted by Gasteiger charge is 2.32. The fourth-order valence-electron chi connectivity index (χ4n) is 2.98. The lowest BCUT2D eigenvalue weighted by Gasteiger charge is -2.29. The van der Waals surface area contributed by atoms with Crippen LogP contribution >= 0.6 is 0 Å². The second-order valence-electron chi connectivity index (χ2n) is 5.95. The van der Waals surface area contributed by atoms with Gasteiger partial charge in [0.2, 0.25) is 0 Å². The number of fused-ring (bicyclic) bond motifs is 2. The molecule has 122 valence electrons. The third-order valence-electron chi connectivity index (χ3n) is 4.24. The van der Waals surface area contributed by atoms with Crippen LogP contribution in [-0.2, 0) is 11.3 Å². The van der Waals surface area contributed by atoms with Crippen molar-refractivity contribution in [1.29, 1.82) is 0 Å². The Hall–Kier alpha value is -2.18. The SMILES string of the molecule is CN(CC(O)CO)C(=O)C1=CCC2C=Nc3ccccc3CN12. The van der Waals surface area contributed by atoms with Crippen LogP contribution in [0.1, 0.15) is 12.0 Å². The molecular weight excluding hydrogens is 294 g/mol. The van der Waals surface area contributed by atoms with Crippen molar-refractivity contribution in [3.05, 3.63) is 41.6 Å². The van der Waals surface area contributed by atoms with Crippen molar-refractivity contribution in [2.45, 2.75) is 25.1 Å². The van der Waals surface area contributed by atoms with Gasteiger partial charge in [-0.2, -0.15) is 0 Å². The number of likely N-dealkylation sites (N-methyl/N-ethyl adjacent to an activating group) is 1. The van der Waals surface area contributed by atoms with E-state index >= 15 is 0 Å². The maximum absolute atomic E-state index is 12.7. The molecule has 0 spiro atoms. The van der Waals surface area contributed by atoms with E-state index < -0.39 is 6.10 Å². The summed E-state index contributed by atoms with van der Waals surface area (Å²) < 4.78 is 0. The van der Waals surface area contributed by atoms with Crippen LogP contribution in [0.5, 0.6) is 0 Å². The van der Waals surface area contributed by atoms with Gasteiger partial charge >= 0.3 is 0 Å². The summed E-state index contributed by atoms with van der Waals surface area (Å²) in [5.41, 5.74) is 2.66. The molecule has 3 rings (SSSR count). The molecule has 6 heteroatoms. The number of hydrogen-bond acceptors (Lipinski definition) is 5. The fraction of sp³-hybridized carbons (Fsp3) is 0.412. The van der Waals surface area contributed by atoms with Gasteiger partial charge in [-0.05, 0) is 18.1 Å². The van der Waals surface area contributed by atoms with Gasteiger partial charge in [-0.25, -0.2) is 0 Å². The number of aliphatic imine (C=N–C) groups is 1. The van der Waals surface area contributed by atoms with Crippen LogP contribution in [-0.4, -0.2) is 64.5 Å². The zero-order valence-electron chi connectivity index (χ0n) is 13.1. The number of aliphatic hydroxyl groups is 2. The van der Waals surface area contributed by atoms with Gasteiger partial charge in [0.1, 0.15) is 0 Å². The van der Waals surface area contributed by atoms with E-state index in [2.05, 4.69) is 9.89 Å². The summed E-state index contributed by atoms with van der Waals surface area (Å²) in [6.45, 7) is 0.383. The van der Waals surface area contributed by atoms with Gasteiger partial charge in [0.25, 0.3) is 5.91 Å². The van der Waals surface area contributed by atoms with Gasteiger partial charge in [0.05, 0.1) is 30.1 Å². The molecule has 2 heterocycles. The lowest BCUT2D eigenvalue weighted by atomic mass is 10.1. The Morgan fingerprint density at radius 2 is 2.26 bits per heavy atom. The minimum absolute atomic E-state index is 0.0810. The van der Waals surface area contributed by atoms with Crippen LogP contribution in [0.3, 0.4) is 0 Å². The maximum atomic E-state index is 12.7. The molecule has 2 N–H and O–H groups in total. The third-order valence-corrected chi connectivity index (χ3v) is 4.24. The highest BCUT2D eigenvalue weighted by Crippen LogP contribution is 2.31. The van der Waals surface area contributed by atoms with Crippen LogP contribution in [0.2, 0.25) is 0 Å². The molecule has 0 aromatic heterocycles. The Balaban J connectivity index is 1.78. The first kappa shape index (κ1) is 15.7. The molecule has 1 aromatic carbocycles. The molecule has 2 aliphatic heterocycles. The standard InChI is InChI=1S/C17H21N3O3/c1-19(10-14(22)11-21)17(23)16-7-6-13-8-18-15-5-3-2-4-12(15)9-20(13)16/h2-5,7-8,13-14,21-22H,6,9-11H2,1H3. The van der Waals surface area contributed by atoms with Crippen molar-refractivity contribution in [3.8, 4) is 0 Å². The quantitative estimate of drug-likeness (QED) is 0.856. The van der Waals surface area contributed by atoms with E-state index in [-0.39, 0.29) is 25.1 Å². The van der Waals surface area contributed by atoms with E-state index in [9.17, 15) is 9.90 Å². The third kappa shape index (κ3) is 3.13. The monoisotopic (exact) mass is 315 g/mol. The zero-order valence-corrected chi connectivity index (χ0v) is 13.1. The Morgan fingerprint density at radius 1 is 1.48 bits per heavy atom. The Labute approximate surface area is 135 Å². The van der Waals surface area contributed by atoms with E-state index in [0.29, 0.717) is 12.2 Å². The number of hydrogen-bond donors (Lipinski definition) is 2. The number of nitrogens with zero attached hydrogens (tertiary/aromatic N) is 3. The summed E-state index contributed by atoms with van der Waals surface area (Å²) in [4.78, 5) is 20.7. The van der Waals surface area contributed by atoms with Gasteiger partial charge in [0, 0.05) is 26.4 Å². The smallest absolute Gasteiger partial charge is 0.269 e. The molecule has 2 unspecified atom stereocenters. The predicted octanol–water partition coefficient (Wildman–Crippen LogP) is 0.672. The first-order chi connectivity index (χ1) is 11.1. The Kier molecular flexibility index (Phi) is 4.45. The van der Waals surface area contributed by atoms with Crippen LogP contribution in [0.25, 0.3) is 0 Å². The summed E-state index contributed by atoms with van der Waals surface area (Å²) in [7, 11) is 1.63. The lowest BCUT2D eigenvalue weighted by Crippen LogP contribution is -2.41.